The van der Waals surface area contributed by atoms with E-state index >= 15 is 0 Å². The van der Waals surface area contributed by atoms with Crippen LogP contribution in [0.3, 0.4) is 0 Å². The van der Waals surface area contributed by atoms with Crippen LogP contribution in [0.15, 0.2) is 76.5 Å². The van der Waals surface area contributed by atoms with Crippen LogP contribution in [0.25, 0.3) is 0 Å². The van der Waals surface area contributed by atoms with E-state index in [-0.39, 0.29) is 28.5 Å². The average molecular weight is 574 g/mol. The Morgan fingerprint density at radius 2 is 1.67 bits per heavy atom. The summed E-state index contributed by atoms with van der Waals surface area (Å²) in [5.74, 6) is 0.00803. The minimum atomic E-state index is -3.91. The highest BCUT2D eigenvalue weighted by Crippen LogP contribution is 2.22. The summed E-state index contributed by atoms with van der Waals surface area (Å²) in [7, 11) is -7.50. The summed E-state index contributed by atoms with van der Waals surface area (Å²) >= 11 is 0. The highest BCUT2D eigenvalue weighted by atomic mass is 32.2. The lowest BCUT2D eigenvalue weighted by atomic mass is 10.1. The van der Waals surface area contributed by atoms with E-state index in [1.807, 2.05) is 13.0 Å². The van der Waals surface area contributed by atoms with Crippen LogP contribution in [-0.4, -0.2) is 66.5 Å². The van der Waals surface area contributed by atoms with Crippen molar-refractivity contribution < 1.29 is 31.1 Å². The van der Waals surface area contributed by atoms with Gasteiger partial charge in [0.1, 0.15) is 12.4 Å². The van der Waals surface area contributed by atoms with Crippen molar-refractivity contribution >= 4 is 31.6 Å². The summed E-state index contributed by atoms with van der Waals surface area (Å²) in [5, 5.41) is 2.71. The zero-order chi connectivity index (χ0) is 28.0. The highest BCUT2D eigenvalue weighted by Gasteiger charge is 2.26. The van der Waals surface area contributed by atoms with Crippen molar-refractivity contribution in [2.24, 2.45) is 0 Å². The molecule has 0 aromatic heterocycles. The van der Waals surface area contributed by atoms with Crippen LogP contribution in [0.5, 0.6) is 5.75 Å². The SMILES string of the molecule is Cc1cccc(NS(=O)(=O)c2cc(C(=O)NCCOc3ccc(S(=O)(=O)N4CCOCC4)cc3)ccc2C)c1. The molecule has 0 unspecified atom stereocenters. The Morgan fingerprint density at radius 3 is 2.36 bits per heavy atom. The topological polar surface area (TPSA) is 131 Å². The molecular formula is C27H31N3O7S2. The lowest BCUT2D eigenvalue weighted by Gasteiger charge is -2.26. The van der Waals surface area contributed by atoms with E-state index in [4.69, 9.17) is 9.47 Å². The number of rotatable bonds is 10. The second kappa shape index (κ2) is 12.2. The highest BCUT2D eigenvalue weighted by molar-refractivity contribution is 7.92. The first-order valence-corrected chi connectivity index (χ1v) is 15.3. The van der Waals surface area contributed by atoms with Gasteiger partial charge in [-0.25, -0.2) is 16.8 Å². The molecule has 208 valence electrons. The molecule has 1 heterocycles. The molecule has 0 atom stereocenters. The molecule has 1 amide bonds. The molecule has 4 rings (SSSR count). The number of hydrogen-bond acceptors (Lipinski definition) is 7. The summed E-state index contributed by atoms with van der Waals surface area (Å²) in [5.41, 5.74) is 2.06. The molecular weight excluding hydrogens is 542 g/mol. The maximum absolute atomic E-state index is 13.0. The second-order valence-electron chi connectivity index (χ2n) is 9.05. The van der Waals surface area contributed by atoms with Crippen molar-refractivity contribution in [3.63, 3.8) is 0 Å². The molecule has 1 aliphatic rings. The number of carbonyl (C=O) groups is 1. The molecule has 0 aliphatic carbocycles. The Kier molecular flexibility index (Phi) is 8.90. The van der Waals surface area contributed by atoms with Gasteiger partial charge in [-0.05, 0) is 73.5 Å². The maximum Gasteiger partial charge on any atom is 0.262 e. The van der Waals surface area contributed by atoms with E-state index in [2.05, 4.69) is 10.0 Å². The third kappa shape index (κ3) is 7.15. The van der Waals surface area contributed by atoms with Gasteiger partial charge in [-0.3, -0.25) is 9.52 Å². The first-order valence-electron chi connectivity index (χ1n) is 12.4. The molecule has 10 nitrogen and oxygen atoms in total. The lowest BCUT2D eigenvalue weighted by molar-refractivity contribution is 0.0730. The Balaban J connectivity index is 1.32. The number of ether oxygens (including phenoxy) is 2. The van der Waals surface area contributed by atoms with Gasteiger partial charge in [-0.15, -0.1) is 0 Å². The number of nitrogens with zero attached hydrogens (tertiary/aromatic N) is 1. The fraction of sp³-hybridized carbons (Fsp3) is 0.296. The molecule has 2 N–H and O–H groups in total. The molecule has 1 fully saturated rings. The summed E-state index contributed by atoms with van der Waals surface area (Å²) in [4.78, 5) is 12.9. The summed E-state index contributed by atoms with van der Waals surface area (Å²) < 4.78 is 66.2. The zero-order valence-electron chi connectivity index (χ0n) is 21.7. The number of sulfonamides is 2. The minimum Gasteiger partial charge on any atom is -0.492 e. The zero-order valence-corrected chi connectivity index (χ0v) is 23.3. The van der Waals surface area contributed by atoms with Crippen LogP contribution in [0.4, 0.5) is 5.69 Å². The molecule has 0 spiro atoms. The maximum atomic E-state index is 13.0. The van der Waals surface area contributed by atoms with E-state index < -0.39 is 26.0 Å². The van der Waals surface area contributed by atoms with Gasteiger partial charge in [0.25, 0.3) is 15.9 Å². The number of benzene rings is 3. The van der Waals surface area contributed by atoms with Gasteiger partial charge in [0.05, 0.1) is 29.5 Å². The lowest BCUT2D eigenvalue weighted by Crippen LogP contribution is -2.40. The third-order valence-electron chi connectivity index (χ3n) is 6.10. The smallest absolute Gasteiger partial charge is 0.262 e. The monoisotopic (exact) mass is 573 g/mol. The average Bonchev–Trinajstić information content (AvgIpc) is 2.91. The van der Waals surface area contributed by atoms with E-state index in [9.17, 15) is 21.6 Å². The standard InChI is InChI=1S/C27H31N3O7S2/c1-20-4-3-5-23(18-20)29-38(32,33)26-19-22(7-6-21(26)2)27(31)28-12-15-37-24-8-10-25(11-9-24)39(34,35)30-13-16-36-17-14-30/h3-11,18-19,29H,12-17H2,1-2H3,(H,28,31). The van der Waals surface area contributed by atoms with Crippen molar-refractivity contribution in [2.75, 3.05) is 44.2 Å². The number of aryl methyl sites for hydroxylation is 2. The first kappa shape index (κ1) is 28.6. The Labute approximate surface area is 229 Å². The predicted octanol–water partition coefficient (Wildman–Crippen LogP) is 2.93. The molecule has 3 aromatic rings. The fourth-order valence-corrected chi connectivity index (χ4v) is 6.76. The molecule has 0 bridgehead atoms. The van der Waals surface area contributed by atoms with E-state index in [0.717, 1.165) is 5.56 Å². The molecule has 0 saturated carbocycles. The quantitative estimate of drug-likeness (QED) is 0.357. The van der Waals surface area contributed by atoms with Crippen molar-refractivity contribution in [3.8, 4) is 5.75 Å². The van der Waals surface area contributed by atoms with Crippen molar-refractivity contribution in [2.45, 2.75) is 23.6 Å². The number of carbonyl (C=O) groups excluding carboxylic acids is 1. The van der Waals surface area contributed by atoms with Gasteiger partial charge < -0.3 is 14.8 Å². The van der Waals surface area contributed by atoms with Crippen molar-refractivity contribution in [1.29, 1.82) is 0 Å². The normalized spacial score (nSPS) is 14.5. The summed E-state index contributed by atoms with van der Waals surface area (Å²) in [6.07, 6.45) is 0. The Morgan fingerprint density at radius 1 is 0.949 bits per heavy atom. The molecule has 3 aromatic carbocycles. The Bertz CT molecular complexity index is 1530. The molecule has 0 radical (unpaired) electrons. The van der Waals surface area contributed by atoms with Crippen LogP contribution in [0, 0.1) is 13.8 Å². The minimum absolute atomic E-state index is 0.0139. The number of morpholine rings is 1. The van der Waals surface area contributed by atoms with Gasteiger partial charge in [-0.1, -0.05) is 18.2 Å². The van der Waals surface area contributed by atoms with Crippen LogP contribution < -0.4 is 14.8 Å². The van der Waals surface area contributed by atoms with Gasteiger partial charge >= 0.3 is 0 Å². The van der Waals surface area contributed by atoms with Gasteiger partial charge in [-0.2, -0.15) is 4.31 Å². The Hall–Kier alpha value is -3.45. The number of anilines is 1. The molecule has 1 aliphatic heterocycles. The van der Waals surface area contributed by atoms with Gasteiger partial charge in [0, 0.05) is 24.3 Å². The van der Waals surface area contributed by atoms with Crippen LogP contribution >= 0.6 is 0 Å². The molecule has 39 heavy (non-hydrogen) atoms. The third-order valence-corrected chi connectivity index (χ3v) is 9.53. The van der Waals surface area contributed by atoms with Crippen LogP contribution in [-0.2, 0) is 24.8 Å². The predicted molar refractivity (Wildman–Crippen MR) is 147 cm³/mol. The molecule has 1 saturated heterocycles. The summed E-state index contributed by atoms with van der Waals surface area (Å²) in [6, 6.07) is 17.6. The first-order chi connectivity index (χ1) is 18.6. The van der Waals surface area contributed by atoms with Gasteiger partial charge in [0.15, 0.2) is 0 Å². The fourth-order valence-electron chi connectivity index (χ4n) is 4.03. The van der Waals surface area contributed by atoms with Gasteiger partial charge in [0.2, 0.25) is 10.0 Å². The molecule has 12 heteroatoms. The van der Waals surface area contributed by atoms with E-state index in [0.29, 0.717) is 43.3 Å². The summed E-state index contributed by atoms with van der Waals surface area (Å²) in [6.45, 7) is 5.20. The number of hydrogen-bond donors (Lipinski definition) is 2. The van der Waals surface area contributed by atoms with Crippen molar-refractivity contribution in [1.82, 2.24) is 9.62 Å². The number of amides is 1. The van der Waals surface area contributed by atoms with Crippen LogP contribution in [0.1, 0.15) is 21.5 Å². The van der Waals surface area contributed by atoms with Crippen LogP contribution in [0.2, 0.25) is 0 Å². The number of nitrogens with one attached hydrogen (secondary N) is 2. The van der Waals surface area contributed by atoms with E-state index in [1.165, 1.54) is 22.5 Å². The van der Waals surface area contributed by atoms with Crippen molar-refractivity contribution in [3.05, 3.63) is 83.4 Å². The largest absolute Gasteiger partial charge is 0.492 e. The second-order valence-corrected chi connectivity index (χ2v) is 12.6. The van der Waals surface area contributed by atoms with E-state index in [1.54, 1.807) is 49.4 Å².